The summed E-state index contributed by atoms with van der Waals surface area (Å²) >= 11 is 0. The van der Waals surface area contributed by atoms with E-state index in [0.717, 1.165) is 37.2 Å². The van der Waals surface area contributed by atoms with Crippen molar-refractivity contribution < 1.29 is 10.3 Å². The van der Waals surface area contributed by atoms with Gasteiger partial charge in [0.1, 0.15) is 5.69 Å². The van der Waals surface area contributed by atoms with Gasteiger partial charge in [0, 0.05) is 18.3 Å². The highest BCUT2D eigenvalue weighted by molar-refractivity contribution is 5.96. The van der Waals surface area contributed by atoms with E-state index in [0.29, 0.717) is 12.2 Å². The van der Waals surface area contributed by atoms with Crippen LogP contribution in [0.25, 0.3) is 0 Å². The number of nitrogens with one attached hydrogen (secondary N) is 1. The van der Waals surface area contributed by atoms with Crippen LogP contribution < -0.4 is 11.1 Å². The zero-order valence-corrected chi connectivity index (χ0v) is 12.4. The number of hydrogen-bond acceptors (Lipinski definition) is 5. The predicted molar refractivity (Wildman–Crippen MR) is 81.0 cm³/mol. The van der Waals surface area contributed by atoms with Gasteiger partial charge in [-0.2, -0.15) is 0 Å². The van der Waals surface area contributed by atoms with Crippen molar-refractivity contribution in [2.75, 3.05) is 6.61 Å². The standard InChI is InChI=1S/C15H24N4O2/c1-11-4-6-15(10-20,7-5-11)18-9-12-3-2-8-17-13(12)14(16)19-21/h2-3,8,11,18,20-21H,4-7,9-10H2,1H3,(H2,16,19). The minimum absolute atomic E-state index is 0.00251. The van der Waals surface area contributed by atoms with Crippen LogP contribution in [-0.4, -0.2) is 33.3 Å². The van der Waals surface area contributed by atoms with Crippen molar-refractivity contribution in [2.24, 2.45) is 16.8 Å². The molecule has 116 valence electrons. The van der Waals surface area contributed by atoms with Crippen molar-refractivity contribution in [3.05, 3.63) is 29.6 Å². The molecule has 0 spiro atoms. The van der Waals surface area contributed by atoms with Gasteiger partial charge in [-0.25, -0.2) is 0 Å². The first kappa shape index (κ1) is 15.7. The average molecular weight is 292 g/mol. The molecule has 0 aromatic carbocycles. The number of nitrogens with two attached hydrogens (primary N) is 1. The van der Waals surface area contributed by atoms with Gasteiger partial charge in [0.15, 0.2) is 5.84 Å². The molecule has 0 bridgehead atoms. The van der Waals surface area contributed by atoms with E-state index in [-0.39, 0.29) is 18.0 Å². The maximum absolute atomic E-state index is 9.76. The summed E-state index contributed by atoms with van der Waals surface area (Å²) in [6, 6.07) is 3.71. The van der Waals surface area contributed by atoms with Gasteiger partial charge in [-0.3, -0.25) is 4.98 Å². The van der Waals surface area contributed by atoms with Gasteiger partial charge in [0.25, 0.3) is 0 Å². The molecule has 0 unspecified atom stereocenters. The van der Waals surface area contributed by atoms with Crippen LogP contribution in [0.5, 0.6) is 0 Å². The molecule has 2 rings (SSSR count). The molecule has 0 radical (unpaired) electrons. The van der Waals surface area contributed by atoms with E-state index >= 15 is 0 Å². The molecular formula is C15H24N4O2. The zero-order chi connectivity index (χ0) is 15.3. The highest BCUT2D eigenvalue weighted by atomic mass is 16.4. The van der Waals surface area contributed by atoms with E-state index in [1.165, 1.54) is 0 Å². The van der Waals surface area contributed by atoms with E-state index in [2.05, 4.69) is 22.4 Å². The normalized spacial score (nSPS) is 26.8. The first-order chi connectivity index (χ1) is 10.1. The van der Waals surface area contributed by atoms with Gasteiger partial charge >= 0.3 is 0 Å². The average Bonchev–Trinajstić information content (AvgIpc) is 2.54. The van der Waals surface area contributed by atoms with Gasteiger partial charge in [0.05, 0.1) is 6.61 Å². The van der Waals surface area contributed by atoms with Crippen molar-refractivity contribution in [1.82, 2.24) is 10.3 Å². The monoisotopic (exact) mass is 292 g/mol. The molecule has 1 heterocycles. The van der Waals surface area contributed by atoms with Crippen molar-refractivity contribution in [3.8, 4) is 0 Å². The number of amidine groups is 1. The van der Waals surface area contributed by atoms with Crippen LogP contribution in [0.3, 0.4) is 0 Å². The zero-order valence-electron chi connectivity index (χ0n) is 12.4. The van der Waals surface area contributed by atoms with Crippen LogP contribution in [0.15, 0.2) is 23.5 Å². The van der Waals surface area contributed by atoms with Crippen LogP contribution in [0, 0.1) is 5.92 Å². The number of aliphatic hydroxyl groups excluding tert-OH is 1. The lowest BCUT2D eigenvalue weighted by Gasteiger charge is -2.39. The fourth-order valence-electron chi connectivity index (χ4n) is 2.85. The number of hydrogen-bond donors (Lipinski definition) is 4. The minimum atomic E-state index is -0.231. The Hall–Kier alpha value is -1.66. The maximum atomic E-state index is 9.76. The highest BCUT2D eigenvalue weighted by Crippen LogP contribution is 2.31. The Balaban J connectivity index is 2.08. The number of rotatable bonds is 5. The summed E-state index contributed by atoms with van der Waals surface area (Å²) in [5.41, 5.74) is 6.75. The lowest BCUT2D eigenvalue weighted by molar-refractivity contribution is 0.104. The SMILES string of the molecule is CC1CCC(CO)(NCc2cccnc2C(N)=NO)CC1. The maximum Gasteiger partial charge on any atom is 0.189 e. The minimum Gasteiger partial charge on any atom is -0.409 e. The van der Waals surface area contributed by atoms with Crippen LogP contribution in [0.2, 0.25) is 0 Å². The molecule has 21 heavy (non-hydrogen) atoms. The summed E-state index contributed by atoms with van der Waals surface area (Å²) in [6.45, 7) is 2.91. The number of pyridine rings is 1. The number of aliphatic hydroxyl groups is 1. The number of nitrogens with zero attached hydrogens (tertiary/aromatic N) is 2. The van der Waals surface area contributed by atoms with Gasteiger partial charge in [-0.15, -0.1) is 0 Å². The molecule has 6 heteroatoms. The summed E-state index contributed by atoms with van der Waals surface area (Å²) in [5.74, 6) is 0.723. The third-order valence-electron chi connectivity index (χ3n) is 4.43. The lowest BCUT2D eigenvalue weighted by atomic mass is 9.77. The predicted octanol–water partition coefficient (Wildman–Crippen LogP) is 1.21. The Kier molecular flexibility index (Phi) is 5.14. The van der Waals surface area contributed by atoms with Gasteiger partial charge in [-0.05, 0) is 43.2 Å². The fourth-order valence-corrected chi connectivity index (χ4v) is 2.85. The van der Waals surface area contributed by atoms with Crippen molar-refractivity contribution in [1.29, 1.82) is 0 Å². The molecule has 1 aromatic heterocycles. The van der Waals surface area contributed by atoms with Gasteiger partial charge in [0.2, 0.25) is 0 Å². The molecule has 5 N–H and O–H groups in total. The Labute approximate surface area is 125 Å². The molecule has 1 aliphatic rings. The van der Waals surface area contributed by atoms with Crippen molar-refractivity contribution in [3.63, 3.8) is 0 Å². The van der Waals surface area contributed by atoms with Gasteiger partial charge in [-0.1, -0.05) is 18.1 Å². The fraction of sp³-hybridized carbons (Fsp3) is 0.600. The Morgan fingerprint density at radius 3 is 2.86 bits per heavy atom. The molecular weight excluding hydrogens is 268 g/mol. The van der Waals surface area contributed by atoms with Crippen LogP contribution >= 0.6 is 0 Å². The Bertz CT molecular complexity index is 496. The first-order valence-electron chi connectivity index (χ1n) is 7.38. The third kappa shape index (κ3) is 3.71. The summed E-state index contributed by atoms with van der Waals surface area (Å²) in [5, 5.41) is 25.1. The first-order valence-corrected chi connectivity index (χ1v) is 7.38. The number of aromatic nitrogens is 1. The van der Waals surface area contributed by atoms with Crippen molar-refractivity contribution in [2.45, 2.75) is 44.7 Å². The lowest BCUT2D eigenvalue weighted by Crippen LogP contribution is -2.50. The van der Waals surface area contributed by atoms with Gasteiger partial charge < -0.3 is 21.4 Å². The van der Waals surface area contributed by atoms with E-state index in [4.69, 9.17) is 10.9 Å². The molecule has 1 aliphatic carbocycles. The molecule has 0 aliphatic heterocycles. The van der Waals surface area contributed by atoms with Crippen LogP contribution in [0.1, 0.15) is 43.9 Å². The second-order valence-corrected chi connectivity index (χ2v) is 5.97. The molecule has 0 saturated heterocycles. The quantitative estimate of drug-likeness (QED) is 0.283. The third-order valence-corrected chi connectivity index (χ3v) is 4.43. The van der Waals surface area contributed by atoms with E-state index in [1.807, 2.05) is 12.1 Å². The summed E-state index contributed by atoms with van der Waals surface area (Å²) in [4.78, 5) is 4.16. The second-order valence-electron chi connectivity index (χ2n) is 5.97. The molecule has 1 saturated carbocycles. The summed E-state index contributed by atoms with van der Waals surface area (Å²) < 4.78 is 0. The van der Waals surface area contributed by atoms with Crippen LogP contribution in [-0.2, 0) is 6.54 Å². The van der Waals surface area contributed by atoms with E-state index in [1.54, 1.807) is 6.20 Å². The molecule has 6 nitrogen and oxygen atoms in total. The highest BCUT2D eigenvalue weighted by Gasteiger charge is 2.33. The second kappa shape index (κ2) is 6.87. The summed E-state index contributed by atoms with van der Waals surface area (Å²) in [7, 11) is 0. The van der Waals surface area contributed by atoms with E-state index < -0.39 is 0 Å². The largest absolute Gasteiger partial charge is 0.409 e. The van der Waals surface area contributed by atoms with Crippen molar-refractivity contribution >= 4 is 5.84 Å². The van der Waals surface area contributed by atoms with E-state index in [9.17, 15) is 5.11 Å². The Morgan fingerprint density at radius 1 is 1.52 bits per heavy atom. The van der Waals surface area contributed by atoms with Crippen LogP contribution in [0.4, 0.5) is 0 Å². The number of oxime groups is 1. The Morgan fingerprint density at radius 2 is 2.24 bits per heavy atom. The molecule has 1 aromatic rings. The molecule has 1 fully saturated rings. The topological polar surface area (TPSA) is 104 Å². The molecule has 0 atom stereocenters. The summed E-state index contributed by atoms with van der Waals surface area (Å²) in [6.07, 6.45) is 5.77. The molecule has 0 amide bonds. The smallest absolute Gasteiger partial charge is 0.189 e.